The predicted molar refractivity (Wildman–Crippen MR) is 185 cm³/mol. The number of nitrogens with zero attached hydrogens (tertiary/aromatic N) is 6. The molecule has 12 heteroatoms. The van der Waals surface area contributed by atoms with Crippen LogP contribution in [0.1, 0.15) is 57.4 Å². The SMILES string of the molecule is CCc1c(F)ccc2cc(O)cc(-c3ncc4c(N5CC6CCC(CC(=O)N(C)C)(C6)C5)nc(OC[C@@]56CCCN5C[C@H](F)C6)nc4c3F)c12. The number of hydrogen-bond acceptors (Lipinski definition) is 8. The summed E-state index contributed by atoms with van der Waals surface area (Å²) < 4.78 is 53.1. The maximum Gasteiger partial charge on any atom is 0.319 e. The Kier molecular flexibility index (Phi) is 8.08. The average molecular weight is 689 g/mol. The molecule has 2 unspecified atom stereocenters. The largest absolute Gasteiger partial charge is 0.508 e. The summed E-state index contributed by atoms with van der Waals surface area (Å²) in [6.07, 6.45) is 6.35. The van der Waals surface area contributed by atoms with E-state index in [9.17, 15) is 14.3 Å². The van der Waals surface area contributed by atoms with Crippen LogP contribution in [0, 0.1) is 23.0 Å². The van der Waals surface area contributed by atoms with Gasteiger partial charge in [-0.1, -0.05) is 13.0 Å². The fourth-order valence-corrected chi connectivity index (χ4v) is 9.46. The van der Waals surface area contributed by atoms with E-state index in [4.69, 9.17) is 9.72 Å². The number of hydrogen-bond donors (Lipinski definition) is 1. The number of piperidine rings is 1. The zero-order valence-corrected chi connectivity index (χ0v) is 28.8. The van der Waals surface area contributed by atoms with E-state index in [1.54, 1.807) is 31.3 Å². The minimum atomic E-state index is -0.932. The number of alkyl halides is 1. The molecule has 1 saturated carbocycles. The Morgan fingerprint density at radius 3 is 2.78 bits per heavy atom. The average Bonchev–Trinajstić information content (AvgIpc) is 3.71. The summed E-state index contributed by atoms with van der Waals surface area (Å²) in [5, 5.41) is 12.1. The number of ether oxygens (including phenoxy) is 1. The molecule has 1 amide bonds. The van der Waals surface area contributed by atoms with Gasteiger partial charge in [0.25, 0.3) is 0 Å². The number of carbonyl (C=O) groups is 1. The quantitative estimate of drug-likeness (QED) is 0.227. The molecule has 264 valence electrons. The lowest BCUT2D eigenvalue weighted by Crippen LogP contribution is -2.45. The third-order valence-corrected chi connectivity index (χ3v) is 11.8. The molecule has 1 aliphatic carbocycles. The third-order valence-electron chi connectivity index (χ3n) is 11.8. The van der Waals surface area contributed by atoms with Crippen molar-refractivity contribution in [1.82, 2.24) is 24.8 Å². The van der Waals surface area contributed by atoms with E-state index in [0.29, 0.717) is 72.4 Å². The molecule has 3 saturated heterocycles. The van der Waals surface area contributed by atoms with Crippen molar-refractivity contribution in [2.24, 2.45) is 11.3 Å². The van der Waals surface area contributed by atoms with E-state index in [1.807, 2.05) is 6.92 Å². The molecule has 1 N–H and O–H groups in total. The molecule has 2 bridgehead atoms. The Balaban J connectivity index is 1.26. The first-order chi connectivity index (χ1) is 24.0. The van der Waals surface area contributed by atoms with Gasteiger partial charge in [-0.3, -0.25) is 14.7 Å². The lowest BCUT2D eigenvalue weighted by atomic mass is 9.78. The summed E-state index contributed by atoms with van der Waals surface area (Å²) in [5.74, 6) is -0.357. The molecule has 0 spiro atoms. The van der Waals surface area contributed by atoms with Crippen LogP contribution in [0.4, 0.5) is 19.0 Å². The molecule has 0 radical (unpaired) electrons. The molecule has 8 rings (SSSR count). The van der Waals surface area contributed by atoms with Gasteiger partial charge in [0.2, 0.25) is 5.91 Å². The van der Waals surface area contributed by atoms with Crippen LogP contribution in [0.15, 0.2) is 30.5 Å². The van der Waals surface area contributed by atoms with Crippen molar-refractivity contribution in [1.29, 1.82) is 0 Å². The summed E-state index contributed by atoms with van der Waals surface area (Å²) in [5.41, 5.74) is -0.113. The minimum Gasteiger partial charge on any atom is -0.508 e. The molecular weight excluding hydrogens is 645 g/mol. The highest BCUT2D eigenvalue weighted by Gasteiger charge is 2.50. The third kappa shape index (κ3) is 5.50. The molecule has 5 heterocycles. The Hall–Kier alpha value is -4.19. The van der Waals surface area contributed by atoms with Crippen molar-refractivity contribution in [3.05, 3.63) is 47.7 Å². The summed E-state index contributed by atoms with van der Waals surface area (Å²) in [6.45, 7) is 4.43. The second-order valence-electron chi connectivity index (χ2n) is 15.3. The zero-order chi connectivity index (χ0) is 34.9. The van der Waals surface area contributed by atoms with E-state index >= 15 is 8.78 Å². The molecule has 2 aromatic carbocycles. The van der Waals surface area contributed by atoms with Crippen LogP contribution in [0.25, 0.3) is 32.9 Å². The van der Waals surface area contributed by atoms with Gasteiger partial charge < -0.3 is 19.6 Å². The summed E-state index contributed by atoms with van der Waals surface area (Å²) in [7, 11) is 3.54. The van der Waals surface area contributed by atoms with Crippen molar-refractivity contribution >= 4 is 33.4 Å². The number of aromatic nitrogens is 3. The van der Waals surface area contributed by atoms with Crippen LogP contribution in [0.5, 0.6) is 11.8 Å². The molecule has 50 heavy (non-hydrogen) atoms. The van der Waals surface area contributed by atoms with Gasteiger partial charge in [0.05, 0.1) is 10.9 Å². The van der Waals surface area contributed by atoms with Crippen molar-refractivity contribution < 1.29 is 27.8 Å². The molecule has 4 fully saturated rings. The molecular formula is C38H43F3N6O3. The molecule has 3 aliphatic heterocycles. The second-order valence-corrected chi connectivity index (χ2v) is 15.3. The number of carbonyl (C=O) groups excluding carboxylic acids is 1. The van der Waals surface area contributed by atoms with Crippen molar-refractivity contribution in [2.45, 2.75) is 70.0 Å². The Labute approximate surface area is 289 Å². The second kappa shape index (κ2) is 12.2. The Bertz CT molecular complexity index is 2010. The maximum absolute atomic E-state index is 17.1. The number of fused-ring (bicyclic) bond motifs is 5. The van der Waals surface area contributed by atoms with E-state index in [-0.39, 0.29) is 46.5 Å². The number of phenolic OH excluding ortho intramolecular Hbond substituents is 1. The number of amides is 1. The lowest BCUT2D eigenvalue weighted by Gasteiger charge is -2.41. The maximum atomic E-state index is 17.1. The van der Waals surface area contributed by atoms with E-state index in [2.05, 4.69) is 19.8 Å². The monoisotopic (exact) mass is 688 g/mol. The van der Waals surface area contributed by atoms with Crippen LogP contribution in [0.3, 0.4) is 0 Å². The van der Waals surface area contributed by atoms with Gasteiger partial charge in [-0.15, -0.1) is 0 Å². The highest BCUT2D eigenvalue weighted by atomic mass is 19.1. The van der Waals surface area contributed by atoms with Gasteiger partial charge in [0, 0.05) is 58.3 Å². The van der Waals surface area contributed by atoms with Crippen LogP contribution >= 0.6 is 0 Å². The standard InChI is InChI=1S/C38H43F3N6O3/c1-4-26-29(40)7-6-23-12-25(48)13-27(31(23)26)33-32(41)34-28(17-42-33)35(46-18-22-8-10-37(14-22,20-46)16-30(49)45(2)3)44-36(43-34)50-21-38-9-5-11-47(38)19-24(39)15-38/h6-7,12-13,17,22,24,48H,4-5,8-11,14-16,18-21H2,1-3H3/t22?,24-,37?,38+/m1/s1. The van der Waals surface area contributed by atoms with Crippen molar-refractivity contribution in [3.8, 4) is 23.0 Å². The fourth-order valence-electron chi connectivity index (χ4n) is 9.46. The van der Waals surface area contributed by atoms with Gasteiger partial charge >= 0.3 is 6.01 Å². The normalized spacial score (nSPS) is 26.2. The van der Waals surface area contributed by atoms with Crippen molar-refractivity contribution in [2.75, 3.05) is 51.8 Å². The van der Waals surface area contributed by atoms with Gasteiger partial charge in [-0.2, -0.15) is 9.97 Å². The molecule has 2 aromatic heterocycles. The Morgan fingerprint density at radius 1 is 1.14 bits per heavy atom. The number of pyridine rings is 1. The summed E-state index contributed by atoms with van der Waals surface area (Å²) >= 11 is 0. The topological polar surface area (TPSA) is 94.9 Å². The molecule has 4 atom stereocenters. The number of benzene rings is 2. The van der Waals surface area contributed by atoms with Gasteiger partial charge in [0.15, 0.2) is 5.82 Å². The first kappa shape index (κ1) is 33.0. The number of aromatic hydroxyl groups is 1. The van der Waals surface area contributed by atoms with Gasteiger partial charge in [0.1, 0.15) is 41.4 Å². The Morgan fingerprint density at radius 2 is 1.98 bits per heavy atom. The summed E-state index contributed by atoms with van der Waals surface area (Å²) in [6, 6.07) is 5.84. The first-order valence-corrected chi connectivity index (χ1v) is 17.8. The van der Waals surface area contributed by atoms with E-state index < -0.39 is 23.3 Å². The number of phenols is 1. The summed E-state index contributed by atoms with van der Waals surface area (Å²) in [4.78, 5) is 33.0. The fraction of sp³-hybridized carbons (Fsp3) is 0.526. The minimum absolute atomic E-state index is 0.00662. The van der Waals surface area contributed by atoms with E-state index in [1.165, 1.54) is 18.2 Å². The van der Waals surface area contributed by atoms with Crippen LogP contribution in [-0.4, -0.2) is 94.4 Å². The highest BCUT2D eigenvalue weighted by molar-refractivity contribution is 6.01. The van der Waals surface area contributed by atoms with Crippen LogP contribution in [0.2, 0.25) is 0 Å². The molecule has 4 aliphatic rings. The van der Waals surface area contributed by atoms with Crippen LogP contribution < -0.4 is 9.64 Å². The lowest BCUT2D eigenvalue weighted by molar-refractivity contribution is -0.131. The number of halogens is 3. The van der Waals surface area contributed by atoms with Gasteiger partial charge in [-0.25, -0.2) is 13.2 Å². The smallest absolute Gasteiger partial charge is 0.319 e. The zero-order valence-electron chi connectivity index (χ0n) is 28.8. The number of anilines is 1. The number of rotatable bonds is 8. The van der Waals surface area contributed by atoms with Crippen molar-refractivity contribution in [3.63, 3.8) is 0 Å². The van der Waals surface area contributed by atoms with Crippen LogP contribution in [-0.2, 0) is 11.2 Å². The first-order valence-electron chi connectivity index (χ1n) is 17.8. The highest BCUT2D eigenvalue weighted by Crippen LogP contribution is 2.50. The molecule has 9 nitrogen and oxygen atoms in total. The van der Waals surface area contributed by atoms with E-state index in [0.717, 1.165) is 38.6 Å². The predicted octanol–water partition coefficient (Wildman–Crippen LogP) is 6.43. The van der Waals surface area contributed by atoms with Gasteiger partial charge in [-0.05, 0) is 90.9 Å². The molecule has 4 aromatic rings. The number of aryl methyl sites for hydroxylation is 1.